The maximum absolute atomic E-state index is 10.2. The Labute approximate surface area is 57.9 Å². The van der Waals surface area contributed by atoms with Gasteiger partial charge in [0, 0.05) is 10.0 Å². The summed E-state index contributed by atoms with van der Waals surface area (Å²) in [6.07, 6.45) is 2.45. The molecule has 0 saturated heterocycles. The van der Waals surface area contributed by atoms with E-state index in [2.05, 4.69) is 14.8 Å². The Bertz CT molecular complexity index is 181. The van der Waals surface area contributed by atoms with E-state index in [9.17, 15) is 4.79 Å². The van der Waals surface area contributed by atoms with Gasteiger partial charge in [-0.2, -0.15) is 0 Å². The molecule has 0 aromatic heterocycles. The summed E-state index contributed by atoms with van der Waals surface area (Å²) in [6.45, 7) is 1.94. The fraction of sp³-hybridized carbons (Fsp3) is 0.400. The van der Waals surface area contributed by atoms with E-state index in [0.29, 0.717) is 0 Å². The fourth-order valence-corrected chi connectivity index (χ4v) is 0.281. The molecule has 0 heterocycles. The third-order valence-electron chi connectivity index (χ3n) is 0.665. The molecule has 0 aliphatic heterocycles. The molecule has 10 heavy (non-hydrogen) atoms. The van der Waals surface area contributed by atoms with Gasteiger partial charge in [-0.3, -0.25) is 0 Å². The number of hydrogen-bond acceptors (Lipinski definition) is 2. The van der Waals surface area contributed by atoms with Crippen molar-refractivity contribution in [1.82, 2.24) is 0 Å². The minimum Gasteiger partial charge on any atom is -0.457 e. The van der Waals surface area contributed by atoms with Crippen LogP contribution in [0.4, 0.5) is 4.79 Å². The maximum atomic E-state index is 10.2. The van der Waals surface area contributed by atoms with Crippen molar-refractivity contribution in [2.75, 3.05) is 6.61 Å². The van der Waals surface area contributed by atoms with Crippen LogP contribution in [0.25, 0.3) is 10.4 Å². The van der Waals surface area contributed by atoms with E-state index in [0.717, 1.165) is 0 Å². The minimum absolute atomic E-state index is 0.147. The van der Waals surface area contributed by atoms with Gasteiger partial charge in [-0.05, 0) is 12.5 Å². The number of azide groups is 1. The first-order chi connectivity index (χ1) is 4.81. The summed E-state index contributed by atoms with van der Waals surface area (Å²) in [4.78, 5) is 12.5. The van der Waals surface area contributed by atoms with Crippen molar-refractivity contribution in [3.63, 3.8) is 0 Å². The summed E-state index contributed by atoms with van der Waals surface area (Å²) in [6, 6.07) is 0. The summed E-state index contributed by atoms with van der Waals surface area (Å²) < 4.78 is 4.38. The standard InChI is InChI=1S/C5H7N3O2/c1-2-3-4-10-5(9)7-8-6/h2-3H,4H2,1H3/b3-2+. The Kier molecular flexibility index (Phi) is 4.82. The van der Waals surface area contributed by atoms with E-state index in [1.807, 2.05) is 0 Å². The highest BCUT2D eigenvalue weighted by Gasteiger charge is 1.92. The largest absolute Gasteiger partial charge is 0.457 e. The predicted molar refractivity (Wildman–Crippen MR) is 35.3 cm³/mol. The van der Waals surface area contributed by atoms with Crippen LogP contribution < -0.4 is 0 Å². The summed E-state index contributed by atoms with van der Waals surface area (Å²) in [5, 5.41) is 2.68. The first kappa shape index (κ1) is 8.52. The van der Waals surface area contributed by atoms with Gasteiger partial charge in [-0.1, -0.05) is 12.2 Å². The smallest absolute Gasteiger partial charge is 0.397 e. The molecular weight excluding hydrogens is 134 g/mol. The Morgan fingerprint density at radius 2 is 2.60 bits per heavy atom. The van der Waals surface area contributed by atoms with Crippen LogP contribution in [0.1, 0.15) is 6.92 Å². The molecule has 0 atom stereocenters. The quantitative estimate of drug-likeness (QED) is 0.255. The van der Waals surface area contributed by atoms with E-state index in [-0.39, 0.29) is 6.61 Å². The van der Waals surface area contributed by atoms with E-state index < -0.39 is 6.09 Å². The van der Waals surface area contributed by atoms with Gasteiger partial charge in [-0.25, -0.2) is 4.79 Å². The number of carbonyl (C=O) groups excluding carboxylic acids is 1. The normalized spacial score (nSPS) is 8.90. The molecule has 0 aromatic carbocycles. The van der Waals surface area contributed by atoms with Crippen molar-refractivity contribution >= 4 is 6.09 Å². The number of rotatable bonds is 2. The maximum Gasteiger partial charge on any atom is 0.397 e. The van der Waals surface area contributed by atoms with Crippen LogP contribution in [0.3, 0.4) is 0 Å². The molecule has 0 aromatic rings. The van der Waals surface area contributed by atoms with Crippen molar-refractivity contribution in [2.24, 2.45) is 5.11 Å². The topological polar surface area (TPSA) is 75.1 Å². The Balaban J connectivity index is 3.49. The van der Waals surface area contributed by atoms with Crippen molar-refractivity contribution < 1.29 is 9.53 Å². The first-order valence-electron chi connectivity index (χ1n) is 2.64. The van der Waals surface area contributed by atoms with Gasteiger partial charge in [0.1, 0.15) is 6.61 Å². The molecule has 0 aliphatic rings. The zero-order valence-corrected chi connectivity index (χ0v) is 5.52. The fourth-order valence-electron chi connectivity index (χ4n) is 0.281. The zero-order chi connectivity index (χ0) is 7.82. The molecule has 1 amide bonds. The molecule has 0 spiro atoms. The molecule has 0 bridgehead atoms. The molecule has 0 aliphatic carbocycles. The molecule has 0 unspecified atom stereocenters. The molecule has 5 nitrogen and oxygen atoms in total. The Morgan fingerprint density at radius 3 is 3.10 bits per heavy atom. The van der Waals surface area contributed by atoms with Crippen molar-refractivity contribution in [3.05, 3.63) is 22.6 Å². The molecule has 0 N–H and O–H groups in total. The molecule has 0 radical (unpaired) electrons. The van der Waals surface area contributed by atoms with E-state index in [4.69, 9.17) is 5.53 Å². The van der Waals surface area contributed by atoms with Crippen molar-refractivity contribution in [2.45, 2.75) is 6.92 Å². The second-order valence-corrected chi connectivity index (χ2v) is 1.34. The summed E-state index contributed by atoms with van der Waals surface area (Å²) in [5.74, 6) is 0. The Morgan fingerprint density at radius 1 is 1.90 bits per heavy atom. The second kappa shape index (κ2) is 5.65. The van der Waals surface area contributed by atoms with Crippen LogP contribution in [0.2, 0.25) is 0 Å². The highest BCUT2D eigenvalue weighted by atomic mass is 16.5. The lowest BCUT2D eigenvalue weighted by Crippen LogP contribution is -1.96. The first-order valence-corrected chi connectivity index (χ1v) is 2.64. The monoisotopic (exact) mass is 141 g/mol. The van der Waals surface area contributed by atoms with E-state index in [1.54, 1.807) is 19.1 Å². The van der Waals surface area contributed by atoms with Crippen molar-refractivity contribution in [3.8, 4) is 0 Å². The third-order valence-corrected chi connectivity index (χ3v) is 0.665. The summed E-state index contributed by atoms with van der Waals surface area (Å²) in [5.41, 5.74) is 7.73. The lowest BCUT2D eigenvalue weighted by atomic mass is 10.6. The molecule has 0 fully saturated rings. The molecule has 54 valence electrons. The summed E-state index contributed by atoms with van der Waals surface area (Å²) in [7, 11) is 0. The molecule has 0 rings (SSSR count). The third kappa shape index (κ3) is 4.67. The van der Waals surface area contributed by atoms with E-state index in [1.165, 1.54) is 0 Å². The van der Waals surface area contributed by atoms with Gasteiger partial charge in [-0.15, -0.1) is 0 Å². The van der Waals surface area contributed by atoms with Gasteiger partial charge in [0.15, 0.2) is 0 Å². The lowest BCUT2D eigenvalue weighted by Gasteiger charge is -1.91. The molecular formula is C5H7N3O2. The lowest BCUT2D eigenvalue weighted by molar-refractivity contribution is 0.169. The zero-order valence-electron chi connectivity index (χ0n) is 5.52. The number of nitrogens with zero attached hydrogens (tertiary/aromatic N) is 3. The van der Waals surface area contributed by atoms with Gasteiger partial charge >= 0.3 is 6.09 Å². The number of allylic oxidation sites excluding steroid dienone is 1. The van der Waals surface area contributed by atoms with E-state index >= 15 is 0 Å². The molecule has 5 heteroatoms. The number of carbonyl (C=O) groups is 1. The van der Waals surface area contributed by atoms with Gasteiger partial charge < -0.3 is 4.74 Å². The van der Waals surface area contributed by atoms with Gasteiger partial charge in [0.25, 0.3) is 0 Å². The number of ether oxygens (including phenoxy) is 1. The van der Waals surface area contributed by atoms with Crippen LogP contribution in [0.5, 0.6) is 0 Å². The Hall–Kier alpha value is -1.48. The second-order valence-electron chi connectivity index (χ2n) is 1.34. The number of hydrogen-bond donors (Lipinski definition) is 0. The SMILES string of the molecule is C/C=C/COC(=O)N=[N+]=[N-]. The molecule has 0 saturated carbocycles. The van der Waals surface area contributed by atoms with Crippen LogP contribution in [0, 0.1) is 0 Å². The highest BCUT2D eigenvalue weighted by Crippen LogP contribution is 1.84. The highest BCUT2D eigenvalue weighted by molar-refractivity contribution is 5.67. The van der Waals surface area contributed by atoms with Crippen LogP contribution >= 0.6 is 0 Å². The van der Waals surface area contributed by atoms with Gasteiger partial charge in [0.2, 0.25) is 0 Å². The number of amides is 1. The van der Waals surface area contributed by atoms with Crippen LogP contribution in [-0.2, 0) is 4.74 Å². The average Bonchev–Trinajstić information content (AvgIpc) is 1.89. The summed E-state index contributed by atoms with van der Waals surface area (Å²) >= 11 is 0. The van der Waals surface area contributed by atoms with Crippen LogP contribution in [-0.4, -0.2) is 12.7 Å². The minimum atomic E-state index is -0.902. The van der Waals surface area contributed by atoms with Crippen molar-refractivity contribution in [1.29, 1.82) is 0 Å². The van der Waals surface area contributed by atoms with Gasteiger partial charge in [0.05, 0.1) is 0 Å². The van der Waals surface area contributed by atoms with Crippen LogP contribution in [0.15, 0.2) is 17.3 Å². The predicted octanol–water partition coefficient (Wildman–Crippen LogP) is 2.01. The average molecular weight is 141 g/mol.